The molecule has 0 aromatic carbocycles. The van der Waals surface area contributed by atoms with Crippen molar-refractivity contribution in [1.82, 2.24) is 5.32 Å². The molecule has 12 heavy (non-hydrogen) atoms. The summed E-state index contributed by atoms with van der Waals surface area (Å²) in [5.41, 5.74) is 0. The van der Waals surface area contributed by atoms with Gasteiger partial charge in [0.1, 0.15) is 6.10 Å². The Morgan fingerprint density at radius 1 is 1.58 bits per heavy atom. The molecular formula is C9H17NO2. The first-order valence-electron chi connectivity index (χ1n) is 4.56. The monoisotopic (exact) mass is 171 g/mol. The number of rotatable bonds is 3. The van der Waals surface area contributed by atoms with Crippen LogP contribution in [0, 0.1) is 5.92 Å². The van der Waals surface area contributed by atoms with E-state index in [0.717, 1.165) is 12.8 Å². The fraction of sp³-hybridized carbons (Fsp3) is 0.889. The Balaban J connectivity index is 2.28. The molecule has 0 unspecified atom stereocenters. The number of cyclic esters (lactones) is 1. The van der Waals surface area contributed by atoms with Crippen LogP contribution in [-0.2, 0) is 4.74 Å². The highest BCUT2D eigenvalue weighted by Crippen LogP contribution is 2.15. The van der Waals surface area contributed by atoms with Gasteiger partial charge in [-0.3, -0.25) is 0 Å². The Bertz CT molecular complexity index is 168. The van der Waals surface area contributed by atoms with Crippen LogP contribution in [0.3, 0.4) is 0 Å². The summed E-state index contributed by atoms with van der Waals surface area (Å²) in [7, 11) is 0. The molecule has 2 atom stereocenters. The van der Waals surface area contributed by atoms with Gasteiger partial charge in [-0.25, -0.2) is 4.79 Å². The van der Waals surface area contributed by atoms with Crippen molar-refractivity contribution in [2.75, 3.05) is 0 Å². The average Bonchev–Trinajstić information content (AvgIpc) is 2.26. The van der Waals surface area contributed by atoms with E-state index in [4.69, 9.17) is 4.74 Å². The zero-order chi connectivity index (χ0) is 9.14. The van der Waals surface area contributed by atoms with E-state index in [1.165, 1.54) is 0 Å². The molecule has 0 bridgehead atoms. The first-order chi connectivity index (χ1) is 5.59. The van der Waals surface area contributed by atoms with Crippen LogP contribution in [0.2, 0.25) is 0 Å². The standard InChI is InChI=1S/C9H17NO2/c1-6(2)4-5-8-7(3)12-9(11)10-8/h6-8H,4-5H2,1-3H3,(H,10,11)/t7-,8+/m0/s1. The van der Waals surface area contributed by atoms with E-state index in [0.29, 0.717) is 5.92 Å². The van der Waals surface area contributed by atoms with E-state index < -0.39 is 0 Å². The Hall–Kier alpha value is -0.730. The summed E-state index contributed by atoms with van der Waals surface area (Å²) in [4.78, 5) is 10.8. The normalized spacial score (nSPS) is 28.8. The van der Waals surface area contributed by atoms with Gasteiger partial charge in [-0.1, -0.05) is 13.8 Å². The van der Waals surface area contributed by atoms with Gasteiger partial charge in [-0.15, -0.1) is 0 Å². The number of carbonyl (C=O) groups excluding carboxylic acids is 1. The molecule has 1 fully saturated rings. The molecule has 0 aromatic rings. The minimum absolute atomic E-state index is 0.0382. The van der Waals surface area contributed by atoms with E-state index in [2.05, 4.69) is 19.2 Å². The molecule has 0 radical (unpaired) electrons. The summed E-state index contributed by atoms with van der Waals surface area (Å²) in [5.74, 6) is 0.690. The van der Waals surface area contributed by atoms with Crippen molar-refractivity contribution in [3.05, 3.63) is 0 Å². The molecule has 3 nitrogen and oxygen atoms in total. The van der Waals surface area contributed by atoms with Gasteiger partial charge in [0.25, 0.3) is 0 Å². The number of hydrogen-bond donors (Lipinski definition) is 1. The summed E-state index contributed by atoms with van der Waals surface area (Å²) in [6, 6.07) is 0.222. The number of amides is 1. The summed E-state index contributed by atoms with van der Waals surface area (Å²) in [6.45, 7) is 6.30. The van der Waals surface area contributed by atoms with E-state index in [-0.39, 0.29) is 18.2 Å². The van der Waals surface area contributed by atoms with Crippen LogP contribution in [0.4, 0.5) is 4.79 Å². The molecule has 1 amide bonds. The summed E-state index contributed by atoms with van der Waals surface area (Å²) < 4.78 is 4.96. The maximum atomic E-state index is 10.8. The van der Waals surface area contributed by atoms with E-state index >= 15 is 0 Å². The van der Waals surface area contributed by atoms with Gasteiger partial charge >= 0.3 is 6.09 Å². The fourth-order valence-corrected chi connectivity index (χ4v) is 1.37. The van der Waals surface area contributed by atoms with Crippen LogP contribution >= 0.6 is 0 Å². The molecule has 3 heteroatoms. The predicted molar refractivity (Wildman–Crippen MR) is 46.9 cm³/mol. The van der Waals surface area contributed by atoms with Crippen LogP contribution in [-0.4, -0.2) is 18.2 Å². The van der Waals surface area contributed by atoms with Crippen molar-refractivity contribution in [2.45, 2.75) is 45.8 Å². The quantitative estimate of drug-likeness (QED) is 0.704. The Morgan fingerprint density at radius 3 is 2.67 bits per heavy atom. The second-order valence-electron chi connectivity index (χ2n) is 3.83. The average molecular weight is 171 g/mol. The third-order valence-electron chi connectivity index (χ3n) is 2.22. The first-order valence-corrected chi connectivity index (χ1v) is 4.56. The predicted octanol–water partition coefficient (Wildman–Crippen LogP) is 1.92. The minimum Gasteiger partial charge on any atom is -0.444 e. The van der Waals surface area contributed by atoms with Gasteiger partial charge in [0.15, 0.2) is 0 Å². The summed E-state index contributed by atoms with van der Waals surface area (Å²) in [6.07, 6.45) is 1.93. The largest absolute Gasteiger partial charge is 0.444 e. The van der Waals surface area contributed by atoms with Crippen LogP contribution in [0.15, 0.2) is 0 Å². The molecule has 1 aliphatic heterocycles. The molecule has 0 spiro atoms. The van der Waals surface area contributed by atoms with Crippen LogP contribution in [0.1, 0.15) is 33.6 Å². The zero-order valence-electron chi connectivity index (χ0n) is 7.96. The molecule has 1 heterocycles. The zero-order valence-corrected chi connectivity index (χ0v) is 7.96. The Kier molecular flexibility index (Phi) is 2.95. The maximum absolute atomic E-state index is 10.8. The molecule has 1 N–H and O–H groups in total. The summed E-state index contributed by atoms with van der Waals surface area (Å²) >= 11 is 0. The second kappa shape index (κ2) is 3.78. The smallest absolute Gasteiger partial charge is 0.407 e. The highest BCUT2D eigenvalue weighted by Gasteiger charge is 2.29. The van der Waals surface area contributed by atoms with Crippen LogP contribution in [0.5, 0.6) is 0 Å². The van der Waals surface area contributed by atoms with Crippen molar-refractivity contribution < 1.29 is 9.53 Å². The number of hydrogen-bond acceptors (Lipinski definition) is 2. The molecule has 1 saturated heterocycles. The molecule has 0 aliphatic carbocycles. The number of carbonyl (C=O) groups is 1. The minimum atomic E-state index is -0.267. The number of nitrogens with one attached hydrogen (secondary N) is 1. The molecule has 1 rings (SSSR count). The van der Waals surface area contributed by atoms with Gasteiger partial charge in [0, 0.05) is 0 Å². The molecule has 70 valence electrons. The van der Waals surface area contributed by atoms with Crippen LogP contribution < -0.4 is 5.32 Å². The topological polar surface area (TPSA) is 38.3 Å². The van der Waals surface area contributed by atoms with Crippen molar-refractivity contribution in [1.29, 1.82) is 0 Å². The van der Waals surface area contributed by atoms with E-state index in [9.17, 15) is 4.79 Å². The second-order valence-corrected chi connectivity index (χ2v) is 3.83. The van der Waals surface area contributed by atoms with Crippen molar-refractivity contribution in [3.8, 4) is 0 Å². The van der Waals surface area contributed by atoms with Crippen LogP contribution in [0.25, 0.3) is 0 Å². The SMILES string of the molecule is CC(C)CC[C@H]1NC(=O)O[C@H]1C. The molecule has 0 saturated carbocycles. The third-order valence-corrected chi connectivity index (χ3v) is 2.22. The van der Waals surface area contributed by atoms with Gasteiger partial charge in [-0.05, 0) is 25.7 Å². The lowest BCUT2D eigenvalue weighted by Crippen LogP contribution is -2.30. The number of ether oxygens (including phenoxy) is 1. The van der Waals surface area contributed by atoms with E-state index in [1.54, 1.807) is 0 Å². The Labute approximate surface area is 73.5 Å². The lowest BCUT2D eigenvalue weighted by Gasteiger charge is -2.13. The van der Waals surface area contributed by atoms with Gasteiger partial charge in [0.05, 0.1) is 6.04 Å². The molecular weight excluding hydrogens is 154 g/mol. The lowest BCUT2D eigenvalue weighted by molar-refractivity contribution is 0.139. The highest BCUT2D eigenvalue weighted by atomic mass is 16.6. The third kappa shape index (κ3) is 2.40. The lowest BCUT2D eigenvalue weighted by atomic mass is 10.0. The number of alkyl carbamates (subject to hydrolysis) is 1. The van der Waals surface area contributed by atoms with Crippen molar-refractivity contribution >= 4 is 6.09 Å². The van der Waals surface area contributed by atoms with Gasteiger partial charge in [-0.2, -0.15) is 0 Å². The van der Waals surface area contributed by atoms with Crippen molar-refractivity contribution in [3.63, 3.8) is 0 Å². The Morgan fingerprint density at radius 2 is 2.25 bits per heavy atom. The van der Waals surface area contributed by atoms with Gasteiger partial charge in [0.2, 0.25) is 0 Å². The van der Waals surface area contributed by atoms with E-state index in [1.807, 2.05) is 6.92 Å². The maximum Gasteiger partial charge on any atom is 0.407 e. The summed E-state index contributed by atoms with van der Waals surface area (Å²) in [5, 5.41) is 2.80. The van der Waals surface area contributed by atoms with Crippen molar-refractivity contribution in [2.24, 2.45) is 5.92 Å². The first kappa shape index (κ1) is 9.36. The van der Waals surface area contributed by atoms with Gasteiger partial charge < -0.3 is 10.1 Å². The fourth-order valence-electron chi connectivity index (χ4n) is 1.37. The molecule has 1 aliphatic rings. The highest BCUT2D eigenvalue weighted by molar-refractivity contribution is 5.70. The molecule has 0 aromatic heterocycles.